The van der Waals surface area contributed by atoms with Gasteiger partial charge in [-0.3, -0.25) is 14.5 Å². The van der Waals surface area contributed by atoms with Gasteiger partial charge < -0.3 is 16.0 Å². The van der Waals surface area contributed by atoms with E-state index in [-0.39, 0.29) is 11.8 Å². The van der Waals surface area contributed by atoms with Crippen molar-refractivity contribution in [2.45, 2.75) is 25.8 Å². The van der Waals surface area contributed by atoms with Gasteiger partial charge in [0, 0.05) is 18.2 Å². The van der Waals surface area contributed by atoms with Crippen molar-refractivity contribution in [1.82, 2.24) is 10.2 Å². The van der Waals surface area contributed by atoms with Crippen molar-refractivity contribution in [3.05, 3.63) is 53.6 Å². The lowest BCUT2D eigenvalue weighted by molar-refractivity contribution is 0.0940. The molecular weight excluding hydrogens is 340 g/mol. The number of likely N-dealkylation sites (tertiary alicyclic amines) is 1. The van der Waals surface area contributed by atoms with Crippen LogP contribution in [0.3, 0.4) is 0 Å². The number of amides is 2. The van der Waals surface area contributed by atoms with Crippen LogP contribution in [-0.2, 0) is 0 Å². The van der Waals surface area contributed by atoms with Crippen LogP contribution in [0.15, 0.2) is 42.5 Å². The van der Waals surface area contributed by atoms with E-state index in [4.69, 9.17) is 0 Å². The number of hydrogen-bond donors (Lipinski definition) is 3. The Labute approximate surface area is 158 Å². The van der Waals surface area contributed by atoms with E-state index < -0.39 is 0 Å². The van der Waals surface area contributed by atoms with Gasteiger partial charge in [-0.2, -0.15) is 0 Å². The van der Waals surface area contributed by atoms with E-state index in [1.807, 2.05) is 24.3 Å². The molecule has 2 heterocycles. The van der Waals surface area contributed by atoms with Crippen LogP contribution in [0, 0.1) is 0 Å². The lowest BCUT2D eigenvalue weighted by atomic mass is 10.1. The van der Waals surface area contributed by atoms with Gasteiger partial charge in [-0.1, -0.05) is 19.1 Å². The minimum absolute atomic E-state index is 0.114. The molecule has 1 atom stereocenters. The van der Waals surface area contributed by atoms with Gasteiger partial charge in [-0.05, 0) is 56.3 Å². The van der Waals surface area contributed by atoms with Gasteiger partial charge in [0.1, 0.15) is 0 Å². The summed E-state index contributed by atoms with van der Waals surface area (Å²) in [6.07, 6.45) is 2.31. The molecule has 6 nitrogen and oxygen atoms in total. The molecule has 1 saturated heterocycles. The summed E-state index contributed by atoms with van der Waals surface area (Å²) in [5, 5.41) is 9.21. The van der Waals surface area contributed by atoms with Gasteiger partial charge in [0.15, 0.2) is 0 Å². The number of likely N-dealkylation sites (N-methyl/N-ethyl adjacent to an activating group) is 1. The van der Waals surface area contributed by atoms with Gasteiger partial charge in [0.05, 0.1) is 22.6 Å². The summed E-state index contributed by atoms with van der Waals surface area (Å²) < 4.78 is 0. The number of nitrogens with one attached hydrogen (secondary N) is 3. The van der Waals surface area contributed by atoms with Crippen molar-refractivity contribution in [1.29, 1.82) is 0 Å². The highest BCUT2D eigenvalue weighted by molar-refractivity contribution is 6.12. The van der Waals surface area contributed by atoms with E-state index in [9.17, 15) is 9.59 Å². The Morgan fingerprint density at radius 2 is 2.00 bits per heavy atom. The topological polar surface area (TPSA) is 73.5 Å². The third-order valence-corrected chi connectivity index (χ3v) is 5.37. The lowest BCUT2D eigenvalue weighted by Gasteiger charge is -2.23. The quantitative estimate of drug-likeness (QED) is 0.779. The molecule has 0 aliphatic carbocycles. The number of anilines is 3. The van der Waals surface area contributed by atoms with E-state index in [0.717, 1.165) is 30.9 Å². The van der Waals surface area contributed by atoms with Crippen LogP contribution in [0.2, 0.25) is 0 Å². The maximum atomic E-state index is 12.6. The molecule has 140 valence electrons. The SMILES string of the molecule is CCN1CCC[C@@H]1CNC(=O)c1ccc2c(c1)NC(=O)c1ccccc1N2. The molecule has 2 aromatic carbocycles. The van der Waals surface area contributed by atoms with Crippen LogP contribution in [-0.4, -0.2) is 42.4 Å². The molecular formula is C21H24N4O2. The molecule has 6 heteroatoms. The van der Waals surface area contributed by atoms with E-state index in [0.29, 0.717) is 29.4 Å². The largest absolute Gasteiger partial charge is 0.353 e. The molecule has 0 radical (unpaired) electrons. The second kappa shape index (κ2) is 7.40. The number of carbonyl (C=O) groups is 2. The molecule has 2 aromatic rings. The Hall–Kier alpha value is -2.86. The second-order valence-electron chi connectivity index (χ2n) is 7.02. The summed E-state index contributed by atoms with van der Waals surface area (Å²) in [6, 6.07) is 13.1. The van der Waals surface area contributed by atoms with Crippen molar-refractivity contribution in [2.75, 3.05) is 30.3 Å². The number of fused-ring (bicyclic) bond motifs is 2. The Bertz CT molecular complexity index is 880. The zero-order chi connectivity index (χ0) is 18.8. The van der Waals surface area contributed by atoms with Gasteiger partial charge in [-0.25, -0.2) is 0 Å². The van der Waals surface area contributed by atoms with Crippen LogP contribution in [0.5, 0.6) is 0 Å². The molecule has 3 N–H and O–H groups in total. The summed E-state index contributed by atoms with van der Waals surface area (Å²) in [6.45, 7) is 4.92. The highest BCUT2D eigenvalue weighted by Gasteiger charge is 2.24. The minimum atomic E-state index is -0.182. The maximum absolute atomic E-state index is 12.6. The smallest absolute Gasteiger partial charge is 0.257 e. The summed E-state index contributed by atoms with van der Waals surface area (Å²) in [4.78, 5) is 27.5. The van der Waals surface area contributed by atoms with Crippen LogP contribution in [0.25, 0.3) is 0 Å². The number of carbonyl (C=O) groups excluding carboxylic acids is 2. The molecule has 2 amide bonds. The van der Waals surface area contributed by atoms with Gasteiger partial charge in [0.25, 0.3) is 11.8 Å². The van der Waals surface area contributed by atoms with Crippen molar-refractivity contribution in [3.63, 3.8) is 0 Å². The minimum Gasteiger partial charge on any atom is -0.353 e. The zero-order valence-corrected chi connectivity index (χ0v) is 15.4. The first kappa shape index (κ1) is 17.5. The van der Waals surface area contributed by atoms with E-state index in [1.54, 1.807) is 18.2 Å². The first-order valence-corrected chi connectivity index (χ1v) is 9.49. The van der Waals surface area contributed by atoms with Crippen LogP contribution in [0.1, 0.15) is 40.5 Å². The van der Waals surface area contributed by atoms with Crippen molar-refractivity contribution in [2.24, 2.45) is 0 Å². The first-order valence-electron chi connectivity index (χ1n) is 9.49. The molecule has 0 aromatic heterocycles. The fourth-order valence-corrected chi connectivity index (χ4v) is 3.88. The second-order valence-corrected chi connectivity index (χ2v) is 7.02. The molecule has 4 rings (SSSR count). The monoisotopic (exact) mass is 364 g/mol. The normalized spacial score (nSPS) is 18.7. The third-order valence-electron chi connectivity index (χ3n) is 5.37. The number of hydrogen-bond acceptors (Lipinski definition) is 4. The fraction of sp³-hybridized carbons (Fsp3) is 0.333. The molecule has 0 saturated carbocycles. The van der Waals surface area contributed by atoms with Crippen molar-refractivity contribution < 1.29 is 9.59 Å². The molecule has 27 heavy (non-hydrogen) atoms. The average molecular weight is 364 g/mol. The van der Waals surface area contributed by atoms with Crippen LogP contribution >= 0.6 is 0 Å². The van der Waals surface area contributed by atoms with E-state index in [2.05, 4.69) is 27.8 Å². The maximum Gasteiger partial charge on any atom is 0.257 e. The summed E-state index contributed by atoms with van der Waals surface area (Å²) in [7, 11) is 0. The zero-order valence-electron chi connectivity index (χ0n) is 15.4. The number of para-hydroxylation sites is 1. The van der Waals surface area contributed by atoms with Crippen molar-refractivity contribution in [3.8, 4) is 0 Å². The van der Waals surface area contributed by atoms with Crippen molar-refractivity contribution >= 4 is 28.9 Å². The van der Waals surface area contributed by atoms with Gasteiger partial charge in [0.2, 0.25) is 0 Å². The molecule has 2 aliphatic heterocycles. The predicted octanol–water partition coefficient (Wildman–Crippen LogP) is 3.21. The standard InChI is InChI=1S/C21H24N4O2/c1-2-25-11-5-6-15(25)13-22-20(26)14-9-10-18-19(12-14)24-21(27)16-7-3-4-8-17(16)23-18/h3-4,7-10,12,15,23H,2,5-6,11,13H2,1H3,(H,22,26)(H,24,27)/t15-/m1/s1. The van der Waals surface area contributed by atoms with Gasteiger partial charge >= 0.3 is 0 Å². The Morgan fingerprint density at radius 1 is 1.15 bits per heavy atom. The first-order chi connectivity index (χ1) is 13.2. The lowest BCUT2D eigenvalue weighted by Crippen LogP contribution is -2.40. The number of rotatable bonds is 4. The average Bonchev–Trinajstić information content (AvgIpc) is 3.09. The summed E-state index contributed by atoms with van der Waals surface area (Å²) in [5.74, 6) is -0.296. The molecule has 1 fully saturated rings. The summed E-state index contributed by atoms with van der Waals surface area (Å²) in [5.41, 5.74) is 3.27. The van der Waals surface area contributed by atoms with Crippen LogP contribution in [0.4, 0.5) is 17.1 Å². The molecule has 0 bridgehead atoms. The van der Waals surface area contributed by atoms with Gasteiger partial charge in [-0.15, -0.1) is 0 Å². The highest BCUT2D eigenvalue weighted by atomic mass is 16.2. The van der Waals surface area contributed by atoms with Crippen LogP contribution < -0.4 is 16.0 Å². The Balaban J connectivity index is 1.49. The fourth-order valence-electron chi connectivity index (χ4n) is 3.88. The molecule has 0 spiro atoms. The van der Waals surface area contributed by atoms with E-state index in [1.165, 1.54) is 6.42 Å². The molecule has 0 unspecified atom stereocenters. The number of nitrogens with zero attached hydrogens (tertiary/aromatic N) is 1. The van der Waals surface area contributed by atoms with E-state index >= 15 is 0 Å². The predicted molar refractivity (Wildman–Crippen MR) is 107 cm³/mol. The summed E-state index contributed by atoms with van der Waals surface area (Å²) >= 11 is 0. The Morgan fingerprint density at radius 3 is 2.85 bits per heavy atom. The Kier molecular flexibility index (Phi) is 4.81. The third kappa shape index (κ3) is 3.53. The number of benzene rings is 2. The highest BCUT2D eigenvalue weighted by Crippen LogP contribution is 2.32. The molecule has 2 aliphatic rings.